The summed E-state index contributed by atoms with van der Waals surface area (Å²) in [6.07, 6.45) is 3.18. The van der Waals surface area contributed by atoms with Crippen LogP contribution in [0.15, 0.2) is 22.7 Å². The monoisotopic (exact) mass is 330 g/mol. The highest BCUT2D eigenvalue weighted by molar-refractivity contribution is 9.10. The third-order valence-corrected chi connectivity index (χ3v) is 3.82. The van der Waals surface area contributed by atoms with Crippen molar-refractivity contribution in [3.63, 3.8) is 0 Å². The topological polar surface area (TPSA) is 35.5 Å². The summed E-state index contributed by atoms with van der Waals surface area (Å²) in [5.41, 5.74) is 0.592. The first-order chi connectivity index (χ1) is 9.15. The van der Waals surface area contributed by atoms with Crippen molar-refractivity contribution in [1.82, 2.24) is 0 Å². The molecule has 0 spiro atoms. The summed E-state index contributed by atoms with van der Waals surface area (Å²) < 4.78 is 24.4. The van der Waals surface area contributed by atoms with Crippen LogP contribution >= 0.6 is 15.9 Å². The third kappa shape index (κ3) is 4.58. The molecule has 0 saturated carbocycles. The molecule has 1 aliphatic rings. The zero-order valence-electron chi connectivity index (χ0n) is 10.5. The smallest absolute Gasteiger partial charge is 0.310 e. The van der Waals surface area contributed by atoms with Gasteiger partial charge in [0.05, 0.1) is 12.5 Å². The van der Waals surface area contributed by atoms with Gasteiger partial charge in [0.2, 0.25) is 0 Å². The Hall–Kier alpha value is -0.940. The van der Waals surface area contributed by atoms with Crippen LogP contribution in [0.3, 0.4) is 0 Å². The van der Waals surface area contributed by atoms with Gasteiger partial charge in [-0.1, -0.05) is 15.9 Å². The molecule has 0 aliphatic carbocycles. The molecule has 1 aliphatic heterocycles. The molecule has 0 N–H and O–H groups in total. The third-order valence-electron chi connectivity index (χ3n) is 3.05. The minimum absolute atomic E-state index is 0.00801. The molecule has 1 saturated heterocycles. The van der Waals surface area contributed by atoms with E-state index in [0.29, 0.717) is 10.0 Å². The van der Waals surface area contributed by atoms with Crippen molar-refractivity contribution in [2.45, 2.75) is 31.8 Å². The molecule has 1 aromatic rings. The average Bonchev–Trinajstić information content (AvgIpc) is 2.42. The standard InChI is InChI=1S/C14H16BrFO3/c15-13-5-4-11(16)7-10(13)8-14(17)19-9-12-3-1-2-6-18-12/h4-5,7,12H,1-3,6,8-9H2/t12-/m0/s1. The molecule has 1 atom stereocenters. The van der Waals surface area contributed by atoms with Crippen LogP contribution in [0.2, 0.25) is 0 Å². The van der Waals surface area contributed by atoms with Gasteiger partial charge in [0.1, 0.15) is 12.4 Å². The summed E-state index contributed by atoms with van der Waals surface area (Å²) in [5.74, 6) is -0.720. The predicted octanol–water partition coefficient (Wildman–Crippen LogP) is 3.24. The molecule has 1 aromatic carbocycles. The molecule has 0 amide bonds. The van der Waals surface area contributed by atoms with Gasteiger partial charge in [-0.2, -0.15) is 0 Å². The first-order valence-corrected chi connectivity index (χ1v) is 7.15. The van der Waals surface area contributed by atoms with Crippen molar-refractivity contribution in [2.24, 2.45) is 0 Å². The molecular formula is C14H16BrFO3. The minimum Gasteiger partial charge on any atom is -0.463 e. The van der Waals surface area contributed by atoms with E-state index in [9.17, 15) is 9.18 Å². The molecule has 2 rings (SSSR count). The molecule has 104 valence electrons. The highest BCUT2D eigenvalue weighted by atomic mass is 79.9. The van der Waals surface area contributed by atoms with Crippen LogP contribution in [0.1, 0.15) is 24.8 Å². The average molecular weight is 331 g/mol. The van der Waals surface area contributed by atoms with Gasteiger partial charge < -0.3 is 9.47 Å². The van der Waals surface area contributed by atoms with Crippen molar-refractivity contribution >= 4 is 21.9 Å². The molecule has 5 heteroatoms. The Labute approximate surface area is 120 Å². The van der Waals surface area contributed by atoms with E-state index in [1.165, 1.54) is 12.1 Å². The minimum atomic E-state index is -0.361. The second kappa shape index (κ2) is 7.01. The van der Waals surface area contributed by atoms with Crippen LogP contribution in [-0.4, -0.2) is 25.3 Å². The fourth-order valence-electron chi connectivity index (χ4n) is 2.01. The van der Waals surface area contributed by atoms with Crippen LogP contribution in [0.4, 0.5) is 4.39 Å². The summed E-state index contributed by atoms with van der Waals surface area (Å²) in [7, 11) is 0. The number of carbonyl (C=O) groups is 1. The first-order valence-electron chi connectivity index (χ1n) is 6.36. The summed E-state index contributed by atoms with van der Waals surface area (Å²) in [6, 6.07) is 4.26. The molecule has 0 unspecified atom stereocenters. The Balaban J connectivity index is 1.81. The van der Waals surface area contributed by atoms with E-state index in [0.717, 1.165) is 25.9 Å². The van der Waals surface area contributed by atoms with E-state index in [-0.39, 0.29) is 30.9 Å². The summed E-state index contributed by atoms with van der Waals surface area (Å²) in [5, 5.41) is 0. The fourth-order valence-corrected chi connectivity index (χ4v) is 2.40. The maximum absolute atomic E-state index is 13.1. The van der Waals surface area contributed by atoms with E-state index in [1.807, 2.05) is 0 Å². The van der Waals surface area contributed by atoms with Crippen molar-refractivity contribution in [3.8, 4) is 0 Å². The molecule has 0 bridgehead atoms. The van der Waals surface area contributed by atoms with Crippen molar-refractivity contribution in [1.29, 1.82) is 0 Å². The summed E-state index contributed by atoms with van der Waals surface area (Å²) >= 11 is 3.29. The van der Waals surface area contributed by atoms with Gasteiger partial charge in [-0.3, -0.25) is 4.79 Å². The van der Waals surface area contributed by atoms with Crippen LogP contribution < -0.4 is 0 Å². The Bertz CT molecular complexity index is 444. The maximum atomic E-state index is 13.1. The molecular weight excluding hydrogens is 315 g/mol. The molecule has 1 fully saturated rings. The number of hydrogen-bond donors (Lipinski definition) is 0. The number of rotatable bonds is 4. The number of esters is 1. The number of carbonyl (C=O) groups excluding carboxylic acids is 1. The SMILES string of the molecule is O=C(Cc1cc(F)ccc1Br)OC[C@@H]1CCCCO1. The van der Waals surface area contributed by atoms with E-state index >= 15 is 0 Å². The van der Waals surface area contributed by atoms with Crippen molar-refractivity contribution in [3.05, 3.63) is 34.1 Å². The van der Waals surface area contributed by atoms with Gasteiger partial charge in [0, 0.05) is 11.1 Å². The number of halogens is 2. The molecule has 0 aromatic heterocycles. The maximum Gasteiger partial charge on any atom is 0.310 e. The highest BCUT2D eigenvalue weighted by Crippen LogP contribution is 2.19. The Kier molecular flexibility index (Phi) is 5.34. The summed E-state index contributed by atoms with van der Waals surface area (Å²) in [4.78, 5) is 11.7. The first kappa shape index (κ1) is 14.5. The normalized spacial score (nSPS) is 19.2. The second-order valence-electron chi connectivity index (χ2n) is 4.58. The van der Waals surface area contributed by atoms with Gasteiger partial charge >= 0.3 is 5.97 Å². The summed E-state index contributed by atoms with van der Waals surface area (Å²) in [6.45, 7) is 1.02. The van der Waals surface area contributed by atoms with Crippen molar-refractivity contribution in [2.75, 3.05) is 13.2 Å². The zero-order chi connectivity index (χ0) is 13.7. The van der Waals surface area contributed by atoms with Gasteiger partial charge in [-0.05, 0) is 43.0 Å². The van der Waals surface area contributed by atoms with Crippen LogP contribution in [0.25, 0.3) is 0 Å². The lowest BCUT2D eigenvalue weighted by Crippen LogP contribution is -2.26. The molecule has 1 heterocycles. The van der Waals surface area contributed by atoms with E-state index in [2.05, 4.69) is 15.9 Å². The van der Waals surface area contributed by atoms with E-state index in [1.54, 1.807) is 6.07 Å². The zero-order valence-corrected chi connectivity index (χ0v) is 12.1. The molecule has 0 radical (unpaired) electrons. The Morgan fingerprint density at radius 1 is 1.47 bits per heavy atom. The van der Waals surface area contributed by atoms with Gasteiger partial charge in [0.15, 0.2) is 0 Å². The Morgan fingerprint density at radius 2 is 2.32 bits per heavy atom. The number of hydrogen-bond acceptors (Lipinski definition) is 3. The van der Waals surface area contributed by atoms with Gasteiger partial charge in [-0.15, -0.1) is 0 Å². The van der Waals surface area contributed by atoms with Gasteiger partial charge in [-0.25, -0.2) is 4.39 Å². The predicted molar refractivity (Wildman–Crippen MR) is 72.4 cm³/mol. The van der Waals surface area contributed by atoms with Gasteiger partial charge in [0.25, 0.3) is 0 Å². The fraction of sp³-hybridized carbons (Fsp3) is 0.500. The van der Waals surface area contributed by atoms with E-state index in [4.69, 9.17) is 9.47 Å². The van der Waals surface area contributed by atoms with Crippen LogP contribution in [0.5, 0.6) is 0 Å². The Morgan fingerprint density at radius 3 is 3.05 bits per heavy atom. The quantitative estimate of drug-likeness (QED) is 0.795. The number of benzene rings is 1. The lowest BCUT2D eigenvalue weighted by atomic mass is 10.1. The molecule has 19 heavy (non-hydrogen) atoms. The van der Waals surface area contributed by atoms with E-state index < -0.39 is 0 Å². The van der Waals surface area contributed by atoms with Crippen LogP contribution in [0, 0.1) is 5.82 Å². The largest absolute Gasteiger partial charge is 0.463 e. The lowest BCUT2D eigenvalue weighted by Gasteiger charge is -2.22. The second-order valence-corrected chi connectivity index (χ2v) is 5.44. The lowest BCUT2D eigenvalue weighted by molar-refractivity contribution is -0.148. The molecule has 3 nitrogen and oxygen atoms in total. The van der Waals surface area contributed by atoms with Crippen LogP contribution in [-0.2, 0) is 20.7 Å². The van der Waals surface area contributed by atoms with Crippen molar-refractivity contribution < 1.29 is 18.7 Å². The highest BCUT2D eigenvalue weighted by Gasteiger charge is 2.16. The number of ether oxygens (including phenoxy) is 2.